The Morgan fingerprint density at radius 3 is 2.63 bits per heavy atom. The van der Waals surface area contributed by atoms with Gasteiger partial charge in [-0.05, 0) is 60.5 Å². The van der Waals surface area contributed by atoms with Crippen molar-refractivity contribution < 1.29 is 9.21 Å². The number of carbonyl (C=O) groups is 1. The molecule has 0 saturated carbocycles. The van der Waals surface area contributed by atoms with E-state index < -0.39 is 0 Å². The van der Waals surface area contributed by atoms with E-state index in [1.807, 2.05) is 56.3 Å². The van der Waals surface area contributed by atoms with E-state index in [-0.39, 0.29) is 17.8 Å². The number of hydrogen-bond acceptors (Lipinski definition) is 6. The number of hydrogen-bond donors (Lipinski definition) is 1. The number of benzene rings is 2. The second-order valence-electron chi connectivity index (χ2n) is 6.86. The summed E-state index contributed by atoms with van der Waals surface area (Å²) in [5, 5.41) is 23.6. The van der Waals surface area contributed by atoms with Crippen LogP contribution in [0.4, 0.5) is 0 Å². The van der Waals surface area contributed by atoms with Gasteiger partial charge in [-0.3, -0.25) is 4.79 Å². The van der Waals surface area contributed by atoms with Gasteiger partial charge in [-0.1, -0.05) is 34.9 Å². The first-order valence-electron chi connectivity index (χ1n) is 9.30. The molecular weight excluding hydrogens is 380 g/mol. The van der Waals surface area contributed by atoms with Gasteiger partial charge in [0, 0.05) is 5.56 Å². The highest BCUT2D eigenvalue weighted by Crippen LogP contribution is 2.25. The zero-order valence-corrected chi connectivity index (χ0v) is 16.4. The Bertz CT molecular complexity index is 1220. The number of carbonyl (C=O) groups excluding carboxylic acids is 1. The molecule has 1 amide bonds. The van der Waals surface area contributed by atoms with Gasteiger partial charge in [0.15, 0.2) is 0 Å². The second kappa shape index (κ2) is 8.01. The highest BCUT2D eigenvalue weighted by Gasteiger charge is 2.16. The molecule has 8 nitrogen and oxygen atoms in total. The maximum Gasteiger partial charge on any atom is 0.274 e. The van der Waals surface area contributed by atoms with Crippen LogP contribution in [0.25, 0.3) is 16.8 Å². The fraction of sp³-hybridized carbons (Fsp3) is 0.136. The van der Waals surface area contributed by atoms with Crippen molar-refractivity contribution in [3.63, 3.8) is 0 Å². The van der Waals surface area contributed by atoms with Crippen LogP contribution in [0.2, 0.25) is 0 Å². The quantitative estimate of drug-likeness (QED) is 0.550. The summed E-state index contributed by atoms with van der Waals surface area (Å²) in [4.78, 5) is 14.2. The standard InChI is InChI=1S/C22H18N6O2/c1-14-5-7-16(8-6-14)17-10-18(22(29)24-15(2)20-4-3-9-30-20)12-19(11-17)28-26-21(13-23)25-27-28/h3-12,15H,1-2H3,(H,24,29). The highest BCUT2D eigenvalue weighted by atomic mass is 16.3. The predicted octanol–water partition coefficient (Wildman–Crippen LogP) is 3.59. The summed E-state index contributed by atoms with van der Waals surface area (Å²) in [6.45, 7) is 3.86. The number of amides is 1. The molecule has 0 bridgehead atoms. The van der Waals surface area contributed by atoms with E-state index in [0.29, 0.717) is 17.0 Å². The van der Waals surface area contributed by atoms with Gasteiger partial charge in [0.2, 0.25) is 0 Å². The smallest absolute Gasteiger partial charge is 0.274 e. The highest BCUT2D eigenvalue weighted by molar-refractivity contribution is 5.96. The Balaban J connectivity index is 1.74. The van der Waals surface area contributed by atoms with Gasteiger partial charge in [0.25, 0.3) is 11.7 Å². The van der Waals surface area contributed by atoms with Gasteiger partial charge in [0.1, 0.15) is 11.8 Å². The van der Waals surface area contributed by atoms with Crippen LogP contribution in [-0.2, 0) is 0 Å². The minimum atomic E-state index is -0.298. The van der Waals surface area contributed by atoms with Crippen molar-refractivity contribution in [3.8, 4) is 22.9 Å². The normalized spacial score (nSPS) is 11.6. The van der Waals surface area contributed by atoms with Crippen LogP contribution in [0.3, 0.4) is 0 Å². The minimum Gasteiger partial charge on any atom is -0.467 e. The monoisotopic (exact) mass is 398 g/mol. The lowest BCUT2D eigenvalue weighted by molar-refractivity contribution is 0.0935. The summed E-state index contributed by atoms with van der Waals surface area (Å²) >= 11 is 0. The minimum absolute atomic E-state index is 0.0480. The first-order valence-corrected chi connectivity index (χ1v) is 9.30. The summed E-state index contributed by atoms with van der Waals surface area (Å²) in [7, 11) is 0. The Morgan fingerprint density at radius 2 is 1.97 bits per heavy atom. The maximum atomic E-state index is 13.0. The van der Waals surface area contributed by atoms with Crippen molar-refractivity contribution >= 4 is 5.91 Å². The molecule has 4 aromatic rings. The summed E-state index contributed by atoms with van der Waals surface area (Å²) < 4.78 is 5.37. The van der Waals surface area contributed by atoms with Gasteiger partial charge in [-0.15, -0.1) is 9.90 Å². The molecule has 0 saturated heterocycles. The van der Waals surface area contributed by atoms with Gasteiger partial charge >= 0.3 is 0 Å². The van der Waals surface area contributed by atoms with Gasteiger partial charge < -0.3 is 9.73 Å². The number of nitrogens with one attached hydrogen (secondary N) is 1. The number of furan rings is 1. The summed E-state index contributed by atoms with van der Waals surface area (Å²) in [6, 6.07) is 18.4. The third-order valence-electron chi connectivity index (χ3n) is 4.63. The molecule has 148 valence electrons. The molecule has 1 N–H and O–H groups in total. The molecule has 1 unspecified atom stereocenters. The molecule has 4 rings (SSSR count). The fourth-order valence-electron chi connectivity index (χ4n) is 3.03. The number of rotatable bonds is 5. The number of aryl methyl sites for hydroxylation is 1. The number of aromatic nitrogens is 4. The molecule has 0 spiro atoms. The molecule has 0 radical (unpaired) electrons. The topological polar surface area (TPSA) is 110 Å². The van der Waals surface area contributed by atoms with Gasteiger partial charge in [0.05, 0.1) is 18.0 Å². The number of nitrogens with zero attached hydrogens (tertiary/aromatic N) is 5. The molecule has 0 aliphatic rings. The van der Waals surface area contributed by atoms with Crippen molar-refractivity contribution in [2.45, 2.75) is 19.9 Å². The van der Waals surface area contributed by atoms with Crippen LogP contribution in [0, 0.1) is 18.3 Å². The van der Waals surface area contributed by atoms with E-state index in [1.165, 1.54) is 4.80 Å². The van der Waals surface area contributed by atoms with Crippen molar-refractivity contribution in [2.75, 3.05) is 0 Å². The first kappa shape index (κ1) is 19.1. The summed E-state index contributed by atoms with van der Waals surface area (Å²) in [5.41, 5.74) is 3.85. The van der Waals surface area contributed by atoms with Crippen molar-refractivity contribution in [3.05, 3.63) is 83.6 Å². The molecule has 0 aliphatic carbocycles. The average molecular weight is 398 g/mol. The van der Waals surface area contributed by atoms with E-state index >= 15 is 0 Å². The van der Waals surface area contributed by atoms with Crippen molar-refractivity contribution in [1.29, 1.82) is 5.26 Å². The molecule has 2 aromatic heterocycles. The molecule has 2 heterocycles. The Hall–Kier alpha value is -4.25. The van der Waals surface area contributed by atoms with E-state index in [0.717, 1.165) is 16.7 Å². The third-order valence-corrected chi connectivity index (χ3v) is 4.63. The molecule has 1 atom stereocenters. The summed E-state index contributed by atoms with van der Waals surface area (Å²) in [6.07, 6.45) is 1.57. The SMILES string of the molecule is Cc1ccc(-c2cc(C(=O)NC(C)c3ccco3)cc(-n3nnc(C#N)n3)c2)cc1. The Morgan fingerprint density at radius 1 is 1.17 bits per heavy atom. The summed E-state index contributed by atoms with van der Waals surface area (Å²) in [5.74, 6) is 0.345. The molecule has 0 aliphatic heterocycles. The molecular formula is C22H18N6O2. The molecule has 30 heavy (non-hydrogen) atoms. The van der Waals surface area contributed by atoms with Crippen LogP contribution in [0.15, 0.2) is 65.3 Å². The van der Waals surface area contributed by atoms with Crippen LogP contribution < -0.4 is 5.32 Å². The largest absolute Gasteiger partial charge is 0.467 e. The lowest BCUT2D eigenvalue weighted by atomic mass is 10.0. The van der Waals surface area contributed by atoms with E-state index in [2.05, 4.69) is 20.7 Å². The average Bonchev–Trinajstić information content (AvgIpc) is 3.46. The van der Waals surface area contributed by atoms with Crippen LogP contribution in [-0.4, -0.2) is 26.1 Å². The molecule has 2 aromatic carbocycles. The van der Waals surface area contributed by atoms with Crippen molar-refractivity contribution in [2.24, 2.45) is 0 Å². The molecule has 0 fully saturated rings. The Kier molecular flexibility index (Phi) is 5.09. The van der Waals surface area contributed by atoms with Gasteiger partial charge in [-0.25, -0.2) is 0 Å². The van der Waals surface area contributed by atoms with E-state index in [1.54, 1.807) is 24.5 Å². The molecule has 8 heteroatoms. The van der Waals surface area contributed by atoms with Crippen molar-refractivity contribution in [1.82, 2.24) is 25.5 Å². The third kappa shape index (κ3) is 3.95. The van der Waals surface area contributed by atoms with Gasteiger partial charge in [-0.2, -0.15) is 5.26 Å². The fourth-order valence-corrected chi connectivity index (χ4v) is 3.03. The van der Waals surface area contributed by atoms with E-state index in [9.17, 15) is 4.79 Å². The zero-order valence-electron chi connectivity index (χ0n) is 16.4. The first-order chi connectivity index (χ1) is 14.5. The van der Waals surface area contributed by atoms with E-state index in [4.69, 9.17) is 9.68 Å². The maximum absolute atomic E-state index is 13.0. The van der Waals surface area contributed by atoms with Crippen LogP contribution in [0.1, 0.15) is 40.5 Å². The van der Waals surface area contributed by atoms with Crippen LogP contribution in [0.5, 0.6) is 0 Å². The number of tetrazole rings is 1. The second-order valence-corrected chi connectivity index (χ2v) is 6.86. The van der Waals surface area contributed by atoms with Crippen LogP contribution >= 0.6 is 0 Å². The predicted molar refractivity (Wildman–Crippen MR) is 109 cm³/mol. The Labute approximate surface area is 172 Å². The lowest BCUT2D eigenvalue weighted by Gasteiger charge is -2.13. The number of nitriles is 1. The zero-order chi connectivity index (χ0) is 21.1. The lowest BCUT2D eigenvalue weighted by Crippen LogP contribution is -2.26.